The zero-order valence-corrected chi connectivity index (χ0v) is 13.3. The summed E-state index contributed by atoms with van der Waals surface area (Å²) in [6, 6.07) is 7.56. The van der Waals surface area contributed by atoms with Crippen LogP contribution in [0, 0.1) is 11.6 Å². The molecule has 0 aliphatic heterocycles. The van der Waals surface area contributed by atoms with E-state index in [0.717, 1.165) is 12.1 Å². The molecule has 0 heterocycles. The first kappa shape index (κ1) is 17.7. The summed E-state index contributed by atoms with van der Waals surface area (Å²) in [7, 11) is 1.36. The fraction of sp³-hybridized carbons (Fsp3) is 0.125. The lowest BCUT2D eigenvalue weighted by atomic mass is 10.1. The van der Waals surface area contributed by atoms with Crippen molar-refractivity contribution in [3.8, 4) is 0 Å². The molecule has 1 atom stereocenters. The first-order chi connectivity index (χ1) is 11.4. The van der Waals surface area contributed by atoms with Gasteiger partial charge in [-0.1, -0.05) is 29.8 Å². The molecule has 2 rings (SSSR count). The largest absolute Gasteiger partial charge is 0.357 e. The molecule has 0 saturated heterocycles. The van der Waals surface area contributed by atoms with E-state index in [1.165, 1.54) is 13.1 Å². The molecular formula is C16H14ClF2N3O2. The summed E-state index contributed by atoms with van der Waals surface area (Å²) in [4.78, 5) is 24.1. The number of carbonyl (C=O) groups excluding carboxylic acids is 2. The Morgan fingerprint density at radius 1 is 1.08 bits per heavy atom. The first-order valence-electron chi connectivity index (χ1n) is 6.91. The lowest BCUT2D eigenvalue weighted by molar-refractivity contribution is -0.122. The van der Waals surface area contributed by atoms with Crippen molar-refractivity contribution in [2.24, 2.45) is 0 Å². The zero-order valence-electron chi connectivity index (χ0n) is 12.6. The molecule has 0 aliphatic rings. The molecule has 24 heavy (non-hydrogen) atoms. The number of para-hydroxylation sites is 1. The normalized spacial score (nSPS) is 11.5. The monoisotopic (exact) mass is 353 g/mol. The smallest absolute Gasteiger partial charge is 0.320 e. The van der Waals surface area contributed by atoms with Crippen LogP contribution in [0.15, 0.2) is 42.5 Å². The van der Waals surface area contributed by atoms with Gasteiger partial charge in [0, 0.05) is 7.05 Å². The van der Waals surface area contributed by atoms with Crippen molar-refractivity contribution >= 4 is 29.2 Å². The standard InChI is InChI=1S/C16H14ClF2N3O2/c1-20-15(23)14(9-6-7-11(18)12(19)8-9)22-16(24)21-13-5-3-2-4-10(13)17/h2-8,14H,1H3,(H,20,23)(H2,21,22,24). The van der Waals surface area contributed by atoms with Gasteiger partial charge in [0.05, 0.1) is 10.7 Å². The SMILES string of the molecule is CNC(=O)C(NC(=O)Nc1ccccc1Cl)c1ccc(F)c(F)c1. The van der Waals surface area contributed by atoms with Crippen LogP contribution < -0.4 is 16.0 Å². The predicted octanol–water partition coefficient (Wildman–Crippen LogP) is 3.23. The number of nitrogens with one attached hydrogen (secondary N) is 3. The number of halogens is 3. The molecule has 0 spiro atoms. The summed E-state index contributed by atoms with van der Waals surface area (Å²) in [6.07, 6.45) is 0. The fourth-order valence-electron chi connectivity index (χ4n) is 1.99. The van der Waals surface area contributed by atoms with Crippen molar-refractivity contribution in [2.75, 3.05) is 12.4 Å². The number of carbonyl (C=O) groups is 2. The summed E-state index contributed by atoms with van der Waals surface area (Å²) in [5, 5.41) is 7.55. The molecule has 3 amide bonds. The number of benzene rings is 2. The van der Waals surface area contributed by atoms with E-state index < -0.39 is 29.6 Å². The minimum Gasteiger partial charge on any atom is -0.357 e. The van der Waals surface area contributed by atoms with Crippen LogP contribution in [0.5, 0.6) is 0 Å². The molecule has 126 valence electrons. The lowest BCUT2D eigenvalue weighted by Gasteiger charge is -2.18. The second-order valence-electron chi connectivity index (χ2n) is 4.80. The molecule has 5 nitrogen and oxygen atoms in total. The van der Waals surface area contributed by atoms with Crippen LogP contribution >= 0.6 is 11.6 Å². The van der Waals surface area contributed by atoms with E-state index in [1.54, 1.807) is 24.3 Å². The number of anilines is 1. The average Bonchev–Trinajstić information content (AvgIpc) is 2.56. The fourth-order valence-corrected chi connectivity index (χ4v) is 2.17. The molecule has 8 heteroatoms. The second-order valence-corrected chi connectivity index (χ2v) is 5.21. The Morgan fingerprint density at radius 2 is 1.79 bits per heavy atom. The highest BCUT2D eigenvalue weighted by Gasteiger charge is 2.23. The van der Waals surface area contributed by atoms with Crippen molar-refractivity contribution in [1.82, 2.24) is 10.6 Å². The number of rotatable bonds is 4. The Morgan fingerprint density at radius 3 is 2.42 bits per heavy atom. The van der Waals surface area contributed by atoms with Crippen molar-refractivity contribution in [3.63, 3.8) is 0 Å². The van der Waals surface area contributed by atoms with Gasteiger partial charge in [0.2, 0.25) is 5.91 Å². The predicted molar refractivity (Wildman–Crippen MR) is 86.8 cm³/mol. The van der Waals surface area contributed by atoms with E-state index in [4.69, 9.17) is 11.6 Å². The third-order valence-electron chi connectivity index (χ3n) is 3.18. The minimum atomic E-state index is -1.20. The summed E-state index contributed by atoms with van der Waals surface area (Å²) < 4.78 is 26.4. The Labute approximate surface area is 142 Å². The van der Waals surface area contributed by atoms with E-state index in [-0.39, 0.29) is 5.56 Å². The zero-order chi connectivity index (χ0) is 17.7. The van der Waals surface area contributed by atoms with Gasteiger partial charge in [-0.2, -0.15) is 0 Å². The molecular weight excluding hydrogens is 340 g/mol. The van der Waals surface area contributed by atoms with Crippen LogP contribution in [0.1, 0.15) is 11.6 Å². The molecule has 3 N–H and O–H groups in total. The highest BCUT2D eigenvalue weighted by Crippen LogP contribution is 2.21. The number of urea groups is 1. The van der Waals surface area contributed by atoms with Crippen molar-refractivity contribution in [2.45, 2.75) is 6.04 Å². The Kier molecular flexibility index (Phi) is 5.70. The van der Waals surface area contributed by atoms with Crippen molar-refractivity contribution in [3.05, 3.63) is 64.7 Å². The summed E-state index contributed by atoms with van der Waals surface area (Å²) in [6.45, 7) is 0. The maximum absolute atomic E-state index is 13.4. The molecule has 0 aliphatic carbocycles. The van der Waals surface area contributed by atoms with Crippen LogP contribution in [0.25, 0.3) is 0 Å². The second kappa shape index (κ2) is 7.74. The van der Waals surface area contributed by atoms with Gasteiger partial charge < -0.3 is 16.0 Å². The van der Waals surface area contributed by atoms with Gasteiger partial charge in [0.1, 0.15) is 6.04 Å². The molecule has 2 aromatic carbocycles. The highest BCUT2D eigenvalue weighted by atomic mass is 35.5. The van der Waals surface area contributed by atoms with Gasteiger partial charge in [-0.25, -0.2) is 13.6 Å². The third-order valence-corrected chi connectivity index (χ3v) is 3.51. The van der Waals surface area contributed by atoms with Crippen LogP contribution in [0.2, 0.25) is 5.02 Å². The van der Waals surface area contributed by atoms with Crippen LogP contribution in [0.3, 0.4) is 0 Å². The van der Waals surface area contributed by atoms with Crippen LogP contribution in [-0.2, 0) is 4.79 Å². The van der Waals surface area contributed by atoms with E-state index in [2.05, 4.69) is 16.0 Å². The third kappa shape index (κ3) is 4.20. The topological polar surface area (TPSA) is 70.2 Å². The van der Waals surface area contributed by atoms with Gasteiger partial charge in [-0.15, -0.1) is 0 Å². The first-order valence-corrected chi connectivity index (χ1v) is 7.28. The maximum atomic E-state index is 13.4. The van der Waals surface area contributed by atoms with Gasteiger partial charge >= 0.3 is 6.03 Å². The average molecular weight is 354 g/mol. The Hall–Kier alpha value is -2.67. The van der Waals surface area contributed by atoms with Gasteiger partial charge in [-0.05, 0) is 29.8 Å². The van der Waals surface area contributed by atoms with E-state index >= 15 is 0 Å². The lowest BCUT2D eigenvalue weighted by Crippen LogP contribution is -2.41. The minimum absolute atomic E-state index is 0.0996. The van der Waals surface area contributed by atoms with Crippen molar-refractivity contribution < 1.29 is 18.4 Å². The maximum Gasteiger partial charge on any atom is 0.320 e. The van der Waals surface area contributed by atoms with E-state index in [9.17, 15) is 18.4 Å². The summed E-state index contributed by atoms with van der Waals surface area (Å²) in [5.74, 6) is -2.75. The molecule has 0 fully saturated rings. The van der Waals surface area contributed by atoms with Crippen LogP contribution in [-0.4, -0.2) is 19.0 Å². The number of hydrogen-bond acceptors (Lipinski definition) is 2. The molecule has 0 bridgehead atoms. The van der Waals surface area contributed by atoms with E-state index in [1.807, 2.05) is 0 Å². The van der Waals surface area contributed by atoms with Gasteiger partial charge in [0.25, 0.3) is 0 Å². The number of hydrogen-bond donors (Lipinski definition) is 3. The molecule has 0 aromatic heterocycles. The van der Waals surface area contributed by atoms with E-state index in [0.29, 0.717) is 10.7 Å². The Balaban J connectivity index is 2.20. The molecule has 2 aromatic rings. The summed E-state index contributed by atoms with van der Waals surface area (Å²) in [5.41, 5.74) is 0.445. The molecule has 1 unspecified atom stereocenters. The number of likely N-dealkylation sites (N-methyl/N-ethyl adjacent to an activating group) is 1. The van der Waals surface area contributed by atoms with Crippen LogP contribution in [0.4, 0.5) is 19.3 Å². The van der Waals surface area contributed by atoms with Crippen molar-refractivity contribution in [1.29, 1.82) is 0 Å². The number of amides is 3. The molecule has 0 saturated carbocycles. The highest BCUT2D eigenvalue weighted by molar-refractivity contribution is 6.33. The molecule has 0 radical (unpaired) electrons. The van der Waals surface area contributed by atoms with Gasteiger partial charge in [-0.3, -0.25) is 4.79 Å². The Bertz CT molecular complexity index is 771. The summed E-state index contributed by atoms with van der Waals surface area (Å²) >= 11 is 5.94. The van der Waals surface area contributed by atoms with Gasteiger partial charge in [0.15, 0.2) is 11.6 Å². The quantitative estimate of drug-likeness (QED) is 0.789.